The van der Waals surface area contributed by atoms with Gasteiger partial charge in [0, 0.05) is 11.6 Å². The highest BCUT2D eigenvalue weighted by atomic mass is 15.0. The molecule has 0 saturated heterocycles. The van der Waals surface area contributed by atoms with Gasteiger partial charge in [0.2, 0.25) is 5.95 Å². The Morgan fingerprint density at radius 3 is 2.74 bits per heavy atom. The van der Waals surface area contributed by atoms with Crippen molar-refractivity contribution in [1.82, 2.24) is 15.0 Å². The number of fused-ring (bicyclic) bond motifs is 1. The molecular weight excluding hydrogens is 236 g/mol. The molecule has 92 valence electrons. The summed E-state index contributed by atoms with van der Waals surface area (Å²) in [5.41, 5.74) is 3.61. The second kappa shape index (κ2) is 4.57. The van der Waals surface area contributed by atoms with Gasteiger partial charge in [-0.25, -0.2) is 15.0 Å². The van der Waals surface area contributed by atoms with Crippen molar-refractivity contribution in [2.24, 2.45) is 4.99 Å². The van der Waals surface area contributed by atoms with Crippen molar-refractivity contribution in [3.63, 3.8) is 0 Å². The van der Waals surface area contributed by atoms with Gasteiger partial charge in [0.1, 0.15) is 5.69 Å². The quantitative estimate of drug-likeness (QED) is 0.653. The summed E-state index contributed by atoms with van der Waals surface area (Å²) in [7, 11) is 0. The van der Waals surface area contributed by atoms with E-state index in [9.17, 15) is 0 Å². The van der Waals surface area contributed by atoms with Crippen LogP contribution in [0, 0.1) is 6.92 Å². The standard InChI is InChI=1S/C15H12N4/c1-10-6-7-12-11(9-10)14(19-15(16-2)18-12)13-5-3-4-8-17-13/h3-9H,2H2,1H3. The van der Waals surface area contributed by atoms with E-state index in [-0.39, 0.29) is 0 Å². The second-order valence-corrected chi connectivity index (χ2v) is 4.27. The minimum Gasteiger partial charge on any atom is -0.255 e. The lowest BCUT2D eigenvalue weighted by atomic mass is 10.1. The molecule has 0 spiro atoms. The maximum Gasteiger partial charge on any atom is 0.249 e. The number of pyridine rings is 1. The molecule has 0 atom stereocenters. The molecule has 0 saturated carbocycles. The molecule has 2 aromatic heterocycles. The predicted molar refractivity (Wildman–Crippen MR) is 76.7 cm³/mol. The fourth-order valence-corrected chi connectivity index (χ4v) is 2.00. The van der Waals surface area contributed by atoms with Crippen molar-refractivity contribution in [1.29, 1.82) is 0 Å². The summed E-state index contributed by atoms with van der Waals surface area (Å²) in [6.45, 7) is 5.54. The second-order valence-electron chi connectivity index (χ2n) is 4.27. The average Bonchev–Trinajstić information content (AvgIpc) is 2.47. The van der Waals surface area contributed by atoms with Gasteiger partial charge in [-0.15, -0.1) is 0 Å². The molecule has 1 aromatic carbocycles. The molecule has 0 bridgehead atoms. The molecule has 0 radical (unpaired) electrons. The minimum absolute atomic E-state index is 0.372. The molecule has 19 heavy (non-hydrogen) atoms. The third-order valence-corrected chi connectivity index (χ3v) is 2.89. The summed E-state index contributed by atoms with van der Waals surface area (Å²) in [5.74, 6) is 0.372. The van der Waals surface area contributed by atoms with Crippen LogP contribution >= 0.6 is 0 Å². The Kier molecular flexibility index (Phi) is 2.76. The van der Waals surface area contributed by atoms with Gasteiger partial charge in [-0.05, 0) is 37.9 Å². The predicted octanol–water partition coefficient (Wildman–Crippen LogP) is 3.33. The average molecular weight is 248 g/mol. The van der Waals surface area contributed by atoms with Crippen LogP contribution in [-0.2, 0) is 0 Å². The number of aromatic nitrogens is 3. The van der Waals surface area contributed by atoms with E-state index in [2.05, 4.69) is 32.7 Å². The molecule has 0 aliphatic heterocycles. The lowest BCUT2D eigenvalue weighted by Crippen LogP contribution is -1.92. The third-order valence-electron chi connectivity index (χ3n) is 2.89. The Bertz CT molecular complexity index is 751. The van der Waals surface area contributed by atoms with Crippen LogP contribution in [0.5, 0.6) is 0 Å². The van der Waals surface area contributed by atoms with E-state index in [0.717, 1.165) is 27.9 Å². The summed E-state index contributed by atoms with van der Waals surface area (Å²) < 4.78 is 0. The zero-order chi connectivity index (χ0) is 13.2. The van der Waals surface area contributed by atoms with Gasteiger partial charge >= 0.3 is 0 Å². The van der Waals surface area contributed by atoms with Crippen LogP contribution < -0.4 is 0 Å². The fourth-order valence-electron chi connectivity index (χ4n) is 2.00. The molecular formula is C15H12N4. The van der Waals surface area contributed by atoms with E-state index in [1.807, 2.05) is 37.3 Å². The highest BCUT2D eigenvalue weighted by Crippen LogP contribution is 2.27. The molecule has 0 aliphatic carbocycles. The summed E-state index contributed by atoms with van der Waals surface area (Å²) in [6, 6.07) is 11.8. The topological polar surface area (TPSA) is 51.0 Å². The number of hydrogen-bond acceptors (Lipinski definition) is 4. The lowest BCUT2D eigenvalue weighted by molar-refractivity contribution is 1.17. The number of hydrogen-bond donors (Lipinski definition) is 0. The minimum atomic E-state index is 0.372. The van der Waals surface area contributed by atoms with Gasteiger partial charge in [0.25, 0.3) is 0 Å². The SMILES string of the molecule is C=Nc1nc(-c2ccccn2)c2cc(C)ccc2n1. The van der Waals surface area contributed by atoms with Gasteiger partial charge in [-0.2, -0.15) is 0 Å². The van der Waals surface area contributed by atoms with E-state index in [0.29, 0.717) is 5.95 Å². The molecule has 2 heterocycles. The van der Waals surface area contributed by atoms with Crippen LogP contribution in [0.1, 0.15) is 5.56 Å². The van der Waals surface area contributed by atoms with Crippen molar-refractivity contribution < 1.29 is 0 Å². The lowest BCUT2D eigenvalue weighted by Gasteiger charge is -2.06. The van der Waals surface area contributed by atoms with Crippen molar-refractivity contribution >= 4 is 23.6 Å². The van der Waals surface area contributed by atoms with Crippen LogP contribution in [0.3, 0.4) is 0 Å². The van der Waals surface area contributed by atoms with Crippen molar-refractivity contribution in [2.75, 3.05) is 0 Å². The maximum atomic E-state index is 4.43. The number of aryl methyl sites for hydroxylation is 1. The molecule has 3 aromatic rings. The van der Waals surface area contributed by atoms with E-state index in [1.165, 1.54) is 0 Å². The molecule has 0 amide bonds. The van der Waals surface area contributed by atoms with E-state index in [1.54, 1.807) is 6.20 Å². The van der Waals surface area contributed by atoms with E-state index in [4.69, 9.17) is 0 Å². The van der Waals surface area contributed by atoms with E-state index < -0.39 is 0 Å². The maximum absolute atomic E-state index is 4.43. The van der Waals surface area contributed by atoms with Crippen molar-refractivity contribution in [3.05, 3.63) is 48.2 Å². The number of nitrogens with zero attached hydrogens (tertiary/aromatic N) is 4. The molecule has 4 nitrogen and oxygen atoms in total. The summed E-state index contributed by atoms with van der Waals surface area (Å²) in [6.07, 6.45) is 1.75. The molecule has 4 heteroatoms. The van der Waals surface area contributed by atoms with Gasteiger partial charge < -0.3 is 0 Å². The van der Waals surface area contributed by atoms with Gasteiger partial charge in [-0.1, -0.05) is 17.7 Å². The Hall–Kier alpha value is -2.62. The largest absolute Gasteiger partial charge is 0.255 e. The Morgan fingerprint density at radius 2 is 2.00 bits per heavy atom. The van der Waals surface area contributed by atoms with Crippen molar-refractivity contribution in [2.45, 2.75) is 6.92 Å². The zero-order valence-electron chi connectivity index (χ0n) is 10.5. The first-order chi connectivity index (χ1) is 9.28. The summed E-state index contributed by atoms with van der Waals surface area (Å²) in [5, 5.41) is 0.978. The first-order valence-corrected chi connectivity index (χ1v) is 5.94. The van der Waals surface area contributed by atoms with E-state index >= 15 is 0 Å². The van der Waals surface area contributed by atoms with Crippen LogP contribution in [0.4, 0.5) is 5.95 Å². The van der Waals surface area contributed by atoms with Gasteiger partial charge in [-0.3, -0.25) is 4.98 Å². The number of rotatable bonds is 2. The molecule has 0 aliphatic rings. The number of benzene rings is 1. The third kappa shape index (κ3) is 2.08. The van der Waals surface area contributed by atoms with Crippen molar-refractivity contribution in [3.8, 4) is 11.4 Å². The fraction of sp³-hybridized carbons (Fsp3) is 0.0667. The first-order valence-electron chi connectivity index (χ1n) is 5.94. The molecule has 0 fully saturated rings. The Morgan fingerprint density at radius 1 is 1.11 bits per heavy atom. The van der Waals surface area contributed by atoms with Crippen LogP contribution in [0.25, 0.3) is 22.3 Å². The summed E-state index contributed by atoms with van der Waals surface area (Å²) >= 11 is 0. The smallest absolute Gasteiger partial charge is 0.249 e. The highest BCUT2D eigenvalue weighted by molar-refractivity contribution is 5.92. The normalized spacial score (nSPS) is 10.6. The Balaban J connectivity index is 2.38. The van der Waals surface area contributed by atoms with Gasteiger partial charge in [0.15, 0.2) is 0 Å². The zero-order valence-corrected chi connectivity index (χ0v) is 10.5. The van der Waals surface area contributed by atoms with Crippen LogP contribution in [0.15, 0.2) is 47.6 Å². The number of aliphatic imine (C=N–C) groups is 1. The molecule has 3 rings (SSSR count). The summed E-state index contributed by atoms with van der Waals surface area (Å²) in [4.78, 5) is 17.0. The first kappa shape index (κ1) is 11.5. The van der Waals surface area contributed by atoms with Gasteiger partial charge in [0.05, 0.1) is 11.2 Å². The Labute approximate surface area is 110 Å². The van der Waals surface area contributed by atoms with Crippen LogP contribution in [0.2, 0.25) is 0 Å². The highest BCUT2D eigenvalue weighted by Gasteiger charge is 2.10. The molecule has 0 unspecified atom stereocenters. The van der Waals surface area contributed by atoms with Crippen LogP contribution in [-0.4, -0.2) is 21.7 Å². The monoisotopic (exact) mass is 248 g/mol. The molecule has 0 N–H and O–H groups in total.